The highest BCUT2D eigenvalue weighted by Crippen LogP contribution is 2.32. The number of hydrogen-bond acceptors (Lipinski definition) is 6. The Hall–Kier alpha value is -1.83. The fourth-order valence-electron chi connectivity index (χ4n) is 2.86. The molecule has 0 spiro atoms. The van der Waals surface area contributed by atoms with Crippen LogP contribution in [0.2, 0.25) is 5.02 Å². The summed E-state index contributed by atoms with van der Waals surface area (Å²) in [7, 11) is 0. The number of fused-ring (bicyclic) bond motifs is 1. The van der Waals surface area contributed by atoms with Gasteiger partial charge in [-0.05, 0) is 31.0 Å². The molecule has 1 aromatic heterocycles. The molecule has 0 N–H and O–H groups in total. The first-order valence-electron chi connectivity index (χ1n) is 8.15. The van der Waals surface area contributed by atoms with Crippen LogP contribution < -0.4 is 4.90 Å². The summed E-state index contributed by atoms with van der Waals surface area (Å²) >= 11 is 7.49. The Morgan fingerprint density at radius 2 is 2.28 bits per heavy atom. The molecule has 1 amide bonds. The molecule has 132 valence electrons. The summed E-state index contributed by atoms with van der Waals surface area (Å²) in [5, 5.41) is 1.25. The molecule has 6 nitrogen and oxygen atoms in total. The van der Waals surface area contributed by atoms with Crippen molar-refractivity contribution in [3.63, 3.8) is 0 Å². The number of benzene rings is 1. The third-order valence-corrected chi connectivity index (χ3v) is 5.36. The lowest BCUT2D eigenvalue weighted by atomic mass is 10.2. The van der Waals surface area contributed by atoms with Gasteiger partial charge in [-0.3, -0.25) is 9.69 Å². The number of ether oxygens (including phenoxy) is 3. The molecular formula is C17H17ClN2O4S. The van der Waals surface area contributed by atoms with E-state index < -0.39 is 0 Å². The van der Waals surface area contributed by atoms with Gasteiger partial charge < -0.3 is 14.2 Å². The number of carbonyl (C=O) groups excluding carboxylic acids is 1. The smallest absolute Gasteiger partial charge is 0.298 e. The number of amides is 1. The predicted octanol–water partition coefficient (Wildman–Crippen LogP) is 3.35. The molecule has 3 heterocycles. The van der Waals surface area contributed by atoms with E-state index in [0.717, 1.165) is 29.7 Å². The number of aromatic nitrogens is 1. The van der Waals surface area contributed by atoms with Gasteiger partial charge in [0.1, 0.15) is 19.5 Å². The first kappa shape index (κ1) is 16.6. The van der Waals surface area contributed by atoms with Crippen LogP contribution in [0.15, 0.2) is 30.2 Å². The molecule has 2 aromatic rings. The van der Waals surface area contributed by atoms with Crippen LogP contribution in [0, 0.1) is 0 Å². The highest BCUT2D eigenvalue weighted by atomic mass is 35.5. The fourth-order valence-corrected chi connectivity index (χ4v) is 4.10. The number of halogens is 1. The van der Waals surface area contributed by atoms with Gasteiger partial charge in [0, 0.05) is 11.6 Å². The fraction of sp³-hybridized carbons (Fsp3) is 0.412. The lowest BCUT2D eigenvalue weighted by molar-refractivity contribution is -0.120. The highest BCUT2D eigenvalue weighted by Gasteiger charge is 2.30. The molecule has 0 radical (unpaired) electrons. The average molecular weight is 381 g/mol. The van der Waals surface area contributed by atoms with Crippen LogP contribution in [0.1, 0.15) is 12.8 Å². The Labute approximate surface area is 153 Å². The van der Waals surface area contributed by atoms with Gasteiger partial charge in [0.25, 0.3) is 5.91 Å². The zero-order valence-electron chi connectivity index (χ0n) is 13.4. The Kier molecular flexibility index (Phi) is 4.78. The summed E-state index contributed by atoms with van der Waals surface area (Å²) in [6, 6.07) is 5.50. The van der Waals surface area contributed by atoms with Gasteiger partial charge in [0.15, 0.2) is 5.13 Å². The van der Waals surface area contributed by atoms with Crippen molar-refractivity contribution in [3.8, 4) is 0 Å². The normalized spacial score (nSPS) is 20.0. The SMILES string of the molecule is O=C(C1=COCCO1)N(CC1CCCO1)c1nc2ccc(Cl)cc2s1. The maximum atomic E-state index is 13.0. The second kappa shape index (κ2) is 7.19. The maximum Gasteiger partial charge on any atom is 0.298 e. The zero-order chi connectivity index (χ0) is 17.2. The monoisotopic (exact) mass is 380 g/mol. The van der Waals surface area contributed by atoms with E-state index in [-0.39, 0.29) is 17.8 Å². The number of anilines is 1. The van der Waals surface area contributed by atoms with Crippen molar-refractivity contribution < 1.29 is 19.0 Å². The molecule has 2 aliphatic rings. The second-order valence-electron chi connectivity index (χ2n) is 5.86. The molecule has 1 fully saturated rings. The molecule has 0 saturated carbocycles. The Morgan fingerprint density at radius 3 is 3.04 bits per heavy atom. The van der Waals surface area contributed by atoms with Gasteiger partial charge in [-0.25, -0.2) is 4.98 Å². The number of thiazole rings is 1. The summed E-state index contributed by atoms with van der Waals surface area (Å²) in [5.74, 6) is -0.0677. The minimum atomic E-state index is -0.264. The summed E-state index contributed by atoms with van der Waals surface area (Å²) in [4.78, 5) is 19.2. The molecule has 1 aromatic carbocycles. The van der Waals surface area contributed by atoms with E-state index in [1.807, 2.05) is 12.1 Å². The van der Waals surface area contributed by atoms with E-state index in [4.69, 9.17) is 25.8 Å². The molecule has 1 unspecified atom stereocenters. The number of nitrogens with zero attached hydrogens (tertiary/aromatic N) is 2. The maximum absolute atomic E-state index is 13.0. The van der Waals surface area contributed by atoms with Crippen molar-refractivity contribution >= 4 is 44.2 Å². The second-order valence-corrected chi connectivity index (χ2v) is 7.31. The average Bonchev–Trinajstić information content (AvgIpc) is 3.28. The third-order valence-electron chi connectivity index (χ3n) is 4.09. The summed E-state index contributed by atoms with van der Waals surface area (Å²) in [6.07, 6.45) is 3.31. The molecular weight excluding hydrogens is 364 g/mol. The van der Waals surface area contributed by atoms with Crippen LogP contribution in [-0.4, -0.2) is 43.4 Å². The number of carbonyl (C=O) groups is 1. The van der Waals surface area contributed by atoms with Crippen molar-refractivity contribution in [1.29, 1.82) is 0 Å². The van der Waals surface area contributed by atoms with E-state index in [2.05, 4.69) is 4.98 Å². The van der Waals surface area contributed by atoms with Crippen molar-refractivity contribution in [2.75, 3.05) is 31.3 Å². The molecule has 1 saturated heterocycles. The van der Waals surface area contributed by atoms with E-state index in [1.54, 1.807) is 11.0 Å². The minimum absolute atomic E-state index is 0.00431. The van der Waals surface area contributed by atoms with Crippen LogP contribution in [0.4, 0.5) is 5.13 Å². The van der Waals surface area contributed by atoms with Crippen LogP contribution in [0.25, 0.3) is 10.2 Å². The van der Waals surface area contributed by atoms with Gasteiger partial charge in [-0.2, -0.15) is 0 Å². The molecule has 0 bridgehead atoms. The van der Waals surface area contributed by atoms with E-state index >= 15 is 0 Å². The van der Waals surface area contributed by atoms with Gasteiger partial charge in [-0.15, -0.1) is 0 Å². The van der Waals surface area contributed by atoms with Crippen LogP contribution in [-0.2, 0) is 19.0 Å². The Bertz CT molecular complexity index is 816. The van der Waals surface area contributed by atoms with Crippen LogP contribution in [0.3, 0.4) is 0 Å². The molecule has 4 rings (SSSR count). The lowest BCUT2D eigenvalue weighted by Crippen LogP contribution is -2.39. The first-order valence-corrected chi connectivity index (χ1v) is 9.34. The van der Waals surface area contributed by atoms with Crippen LogP contribution >= 0.6 is 22.9 Å². The standard InChI is InChI=1S/C17H17ClN2O4S/c18-11-3-4-13-15(8-11)25-17(19-13)20(9-12-2-1-5-23-12)16(21)14-10-22-6-7-24-14/h3-4,8,10,12H,1-2,5-7,9H2. The number of hydrogen-bond donors (Lipinski definition) is 0. The Morgan fingerprint density at radius 1 is 1.36 bits per heavy atom. The van der Waals surface area contributed by atoms with Gasteiger partial charge >= 0.3 is 0 Å². The van der Waals surface area contributed by atoms with Crippen molar-refractivity contribution in [2.24, 2.45) is 0 Å². The lowest BCUT2D eigenvalue weighted by Gasteiger charge is -2.25. The highest BCUT2D eigenvalue weighted by molar-refractivity contribution is 7.22. The van der Waals surface area contributed by atoms with E-state index in [0.29, 0.717) is 29.9 Å². The first-order chi connectivity index (χ1) is 12.2. The molecule has 2 aliphatic heterocycles. The van der Waals surface area contributed by atoms with Crippen molar-refractivity contribution in [2.45, 2.75) is 18.9 Å². The van der Waals surface area contributed by atoms with Gasteiger partial charge in [-0.1, -0.05) is 22.9 Å². The topological polar surface area (TPSA) is 60.9 Å². The summed E-state index contributed by atoms with van der Waals surface area (Å²) in [6.45, 7) is 1.97. The summed E-state index contributed by atoms with van der Waals surface area (Å²) < 4.78 is 17.3. The summed E-state index contributed by atoms with van der Waals surface area (Å²) in [5.41, 5.74) is 0.810. The third kappa shape index (κ3) is 3.58. The quantitative estimate of drug-likeness (QED) is 0.814. The van der Waals surface area contributed by atoms with Crippen molar-refractivity contribution in [3.05, 3.63) is 35.2 Å². The molecule has 8 heteroatoms. The van der Waals surface area contributed by atoms with Gasteiger partial charge in [0.2, 0.25) is 5.76 Å². The minimum Gasteiger partial charge on any atom is -0.494 e. The molecule has 25 heavy (non-hydrogen) atoms. The zero-order valence-corrected chi connectivity index (χ0v) is 15.0. The van der Waals surface area contributed by atoms with E-state index in [1.165, 1.54) is 17.6 Å². The van der Waals surface area contributed by atoms with Gasteiger partial charge in [0.05, 0.1) is 22.9 Å². The number of rotatable bonds is 4. The van der Waals surface area contributed by atoms with E-state index in [9.17, 15) is 4.79 Å². The molecule has 0 aliphatic carbocycles. The molecule has 1 atom stereocenters. The Balaban J connectivity index is 1.67. The predicted molar refractivity (Wildman–Crippen MR) is 95.9 cm³/mol. The largest absolute Gasteiger partial charge is 0.494 e. The van der Waals surface area contributed by atoms with Crippen LogP contribution in [0.5, 0.6) is 0 Å². The van der Waals surface area contributed by atoms with Crippen molar-refractivity contribution in [1.82, 2.24) is 4.98 Å².